The van der Waals surface area contributed by atoms with E-state index in [0.717, 1.165) is 40.6 Å². The maximum atomic E-state index is 12.3. The molecule has 8 heteroatoms. The number of anilines is 1. The second-order valence-corrected chi connectivity index (χ2v) is 8.01. The second-order valence-electron chi connectivity index (χ2n) is 8.01. The molecule has 32 heavy (non-hydrogen) atoms. The van der Waals surface area contributed by atoms with Crippen molar-refractivity contribution in [3.63, 3.8) is 0 Å². The largest absolute Gasteiger partial charge is 0.568 e. The Morgan fingerprint density at radius 1 is 1.22 bits per heavy atom. The van der Waals surface area contributed by atoms with Crippen LogP contribution in [0.5, 0.6) is 11.5 Å². The van der Waals surface area contributed by atoms with Gasteiger partial charge in [0.15, 0.2) is 0 Å². The van der Waals surface area contributed by atoms with Gasteiger partial charge in [0.2, 0.25) is 0 Å². The normalized spacial score (nSPS) is 11.3. The summed E-state index contributed by atoms with van der Waals surface area (Å²) >= 11 is 0. The molecule has 7 nitrogen and oxygen atoms in total. The number of urea groups is 1. The number of hydrogen-bond donors (Lipinski definition) is 2. The van der Waals surface area contributed by atoms with Crippen molar-refractivity contribution in [1.29, 1.82) is 0 Å². The Labute approximate surface area is 190 Å². The summed E-state index contributed by atoms with van der Waals surface area (Å²) < 4.78 is 13.5. The van der Waals surface area contributed by atoms with Gasteiger partial charge in [0.05, 0.1) is 12.8 Å². The Morgan fingerprint density at radius 3 is 2.75 bits per heavy atom. The zero-order valence-electron chi connectivity index (χ0n) is 19.4. The minimum absolute atomic E-state index is 0.269. The Kier molecular flexibility index (Phi) is 7.81. The molecule has 0 bridgehead atoms. The van der Waals surface area contributed by atoms with E-state index in [2.05, 4.69) is 36.6 Å². The molecule has 1 heterocycles. The predicted octanol–water partition coefficient (Wildman–Crippen LogP) is 4.56. The van der Waals surface area contributed by atoms with Gasteiger partial charge in [-0.1, -0.05) is 27.2 Å². The molecular weight excluding hydrogens is 403 g/mol. The standard InChI is InChI=1S/C24H31BN4O3/c1-5-6-11-31-22-14-23(32-25)20(16(2)3)13-18(22)15-26-28-24(30)27-19-7-8-21-17(12-19)9-10-29(21)4/h7-10,12-16H,5-6,11,25H2,1-4H3,(H2,27,28,30)/b26-15+. The number of aromatic nitrogens is 1. The fourth-order valence-electron chi connectivity index (χ4n) is 3.45. The summed E-state index contributed by atoms with van der Waals surface area (Å²) in [5.74, 6) is 1.73. The van der Waals surface area contributed by atoms with Crippen LogP contribution in [0.3, 0.4) is 0 Å². The highest BCUT2D eigenvalue weighted by Crippen LogP contribution is 2.33. The number of ether oxygens (including phenoxy) is 1. The average molecular weight is 434 g/mol. The molecule has 0 radical (unpaired) electrons. The van der Waals surface area contributed by atoms with E-state index < -0.39 is 6.03 Å². The van der Waals surface area contributed by atoms with Crippen LogP contribution in [0.15, 0.2) is 47.7 Å². The molecule has 168 valence electrons. The van der Waals surface area contributed by atoms with Crippen molar-refractivity contribution >= 4 is 36.9 Å². The van der Waals surface area contributed by atoms with Gasteiger partial charge in [0.25, 0.3) is 0 Å². The SMILES string of the molecule is BOc1cc(OCCCC)c(/C=N/NC(=O)Nc2ccc3c(ccn3C)c2)cc1C(C)C. The van der Waals surface area contributed by atoms with Crippen molar-refractivity contribution in [2.45, 2.75) is 39.5 Å². The second kappa shape index (κ2) is 10.8. The van der Waals surface area contributed by atoms with Crippen LogP contribution in [0.1, 0.15) is 50.7 Å². The van der Waals surface area contributed by atoms with E-state index >= 15 is 0 Å². The van der Waals surface area contributed by atoms with Crippen LogP contribution in [-0.2, 0) is 7.05 Å². The van der Waals surface area contributed by atoms with Crippen molar-refractivity contribution in [1.82, 2.24) is 9.99 Å². The Morgan fingerprint density at radius 2 is 2.03 bits per heavy atom. The first-order valence-electron chi connectivity index (χ1n) is 10.9. The van der Waals surface area contributed by atoms with Gasteiger partial charge in [0, 0.05) is 41.5 Å². The Bertz CT molecular complexity index is 1110. The molecule has 2 aromatic carbocycles. The summed E-state index contributed by atoms with van der Waals surface area (Å²) in [5, 5.41) is 8.00. The Hall–Kier alpha value is -3.42. The number of carbonyl (C=O) groups excluding carboxylic acids is 1. The minimum atomic E-state index is -0.414. The Balaban J connectivity index is 1.72. The number of nitrogens with zero attached hydrogens (tertiary/aromatic N) is 2. The van der Waals surface area contributed by atoms with Gasteiger partial charge >= 0.3 is 14.1 Å². The molecule has 0 aliphatic carbocycles. The number of rotatable bonds is 9. The molecule has 0 aliphatic rings. The van der Waals surface area contributed by atoms with Crippen LogP contribution >= 0.6 is 0 Å². The predicted molar refractivity (Wildman–Crippen MR) is 133 cm³/mol. The van der Waals surface area contributed by atoms with E-state index in [1.165, 1.54) is 0 Å². The molecule has 0 saturated carbocycles. The highest BCUT2D eigenvalue weighted by Gasteiger charge is 2.13. The molecule has 0 aliphatic heterocycles. The van der Waals surface area contributed by atoms with E-state index in [9.17, 15) is 4.79 Å². The van der Waals surface area contributed by atoms with Gasteiger partial charge in [-0.05, 0) is 48.2 Å². The van der Waals surface area contributed by atoms with Gasteiger partial charge in [0.1, 0.15) is 11.5 Å². The quantitative estimate of drug-likeness (QED) is 0.224. The van der Waals surface area contributed by atoms with Gasteiger partial charge in [-0.3, -0.25) is 0 Å². The monoisotopic (exact) mass is 434 g/mol. The zero-order valence-corrected chi connectivity index (χ0v) is 19.4. The number of hydrogen-bond acceptors (Lipinski definition) is 4. The van der Waals surface area contributed by atoms with Gasteiger partial charge in [-0.15, -0.1) is 0 Å². The average Bonchev–Trinajstić information content (AvgIpc) is 3.14. The van der Waals surface area contributed by atoms with E-state index in [0.29, 0.717) is 18.0 Å². The minimum Gasteiger partial charge on any atom is -0.568 e. The summed E-state index contributed by atoms with van der Waals surface area (Å²) in [6.45, 7) is 6.93. The third-order valence-electron chi connectivity index (χ3n) is 5.25. The first-order chi connectivity index (χ1) is 15.4. The smallest absolute Gasteiger partial charge is 0.339 e. The van der Waals surface area contributed by atoms with Crippen LogP contribution in [0.2, 0.25) is 0 Å². The molecule has 0 saturated heterocycles. The first kappa shape index (κ1) is 23.3. The van der Waals surface area contributed by atoms with Crippen LogP contribution in [0.25, 0.3) is 10.9 Å². The number of benzene rings is 2. The number of amides is 2. The number of hydrazone groups is 1. The zero-order chi connectivity index (χ0) is 23.1. The molecule has 3 rings (SSSR count). The molecule has 1 aromatic heterocycles. The van der Waals surface area contributed by atoms with Gasteiger partial charge in [-0.2, -0.15) is 5.10 Å². The van der Waals surface area contributed by atoms with Crippen molar-refractivity contribution in [2.24, 2.45) is 12.1 Å². The number of unbranched alkanes of at least 4 members (excludes halogenated alkanes) is 1. The first-order valence-corrected chi connectivity index (χ1v) is 10.9. The van der Waals surface area contributed by atoms with E-state index in [1.54, 1.807) is 14.3 Å². The maximum Gasteiger partial charge on any atom is 0.339 e. The number of nitrogens with one attached hydrogen (secondary N) is 2. The highest BCUT2D eigenvalue weighted by atomic mass is 16.5. The summed E-state index contributed by atoms with van der Waals surface area (Å²) in [6.07, 6.45) is 5.59. The third-order valence-corrected chi connectivity index (χ3v) is 5.25. The van der Waals surface area contributed by atoms with E-state index in [4.69, 9.17) is 9.39 Å². The summed E-state index contributed by atoms with van der Waals surface area (Å²) in [4.78, 5) is 12.3. The molecule has 2 amide bonds. The van der Waals surface area contributed by atoms with Gasteiger partial charge in [-0.25, -0.2) is 10.2 Å². The highest BCUT2D eigenvalue weighted by molar-refractivity contribution is 6.00. The lowest BCUT2D eigenvalue weighted by Gasteiger charge is -2.17. The summed E-state index contributed by atoms with van der Waals surface area (Å²) in [7, 11) is 3.64. The van der Waals surface area contributed by atoms with Crippen LogP contribution in [-0.4, -0.2) is 31.5 Å². The fourth-order valence-corrected chi connectivity index (χ4v) is 3.45. The molecule has 3 aromatic rings. The van der Waals surface area contributed by atoms with E-state index in [-0.39, 0.29) is 5.92 Å². The van der Waals surface area contributed by atoms with E-state index in [1.807, 2.05) is 54.2 Å². The molecule has 0 fully saturated rings. The lowest BCUT2D eigenvalue weighted by atomic mass is 9.99. The van der Waals surface area contributed by atoms with Crippen LogP contribution in [0.4, 0.5) is 10.5 Å². The summed E-state index contributed by atoms with van der Waals surface area (Å²) in [6, 6.07) is 11.2. The van der Waals surface area contributed by atoms with Crippen molar-refractivity contribution in [2.75, 3.05) is 11.9 Å². The van der Waals surface area contributed by atoms with Crippen LogP contribution in [0, 0.1) is 0 Å². The van der Waals surface area contributed by atoms with Crippen molar-refractivity contribution < 1.29 is 14.2 Å². The molecule has 0 unspecified atom stereocenters. The molecular formula is C24H31BN4O3. The van der Waals surface area contributed by atoms with Crippen LogP contribution < -0.4 is 20.1 Å². The molecule has 2 N–H and O–H groups in total. The number of aryl methyl sites for hydroxylation is 1. The lowest BCUT2D eigenvalue weighted by Crippen LogP contribution is -2.24. The van der Waals surface area contributed by atoms with Crippen molar-refractivity contribution in [3.8, 4) is 11.5 Å². The van der Waals surface area contributed by atoms with Crippen molar-refractivity contribution in [3.05, 3.63) is 53.7 Å². The third kappa shape index (κ3) is 5.63. The number of fused-ring (bicyclic) bond motifs is 1. The molecule has 0 spiro atoms. The molecule has 0 atom stereocenters. The fraction of sp³-hybridized carbons (Fsp3) is 0.333. The summed E-state index contributed by atoms with van der Waals surface area (Å²) in [5.41, 5.74) is 6.18. The van der Waals surface area contributed by atoms with Gasteiger partial charge < -0.3 is 19.3 Å². The lowest BCUT2D eigenvalue weighted by molar-refractivity contribution is 0.252. The maximum absolute atomic E-state index is 12.3. The number of carbonyl (C=O) groups is 1. The topological polar surface area (TPSA) is 76.9 Å².